The summed E-state index contributed by atoms with van der Waals surface area (Å²) < 4.78 is 0. The zero-order valence-corrected chi connectivity index (χ0v) is 13.7. The van der Waals surface area contributed by atoms with Crippen LogP contribution < -0.4 is 11.0 Å². The number of fused-ring (bicyclic) bond motifs is 1. The first-order valence-corrected chi connectivity index (χ1v) is 8.77. The Morgan fingerprint density at radius 1 is 0.917 bits per heavy atom. The minimum Gasteiger partial charge on any atom is -0.310 e. The summed E-state index contributed by atoms with van der Waals surface area (Å²) in [7, 11) is 0. The van der Waals surface area contributed by atoms with Crippen LogP contribution in [-0.4, -0.2) is 16.0 Å². The smallest absolute Gasteiger partial charge is 0.310 e. The van der Waals surface area contributed by atoms with Crippen LogP contribution >= 0.6 is 0 Å². The number of rotatable bonds is 4. The number of aromatic nitrogens is 2. The third kappa shape index (κ3) is 3.29. The van der Waals surface area contributed by atoms with Gasteiger partial charge in [-0.05, 0) is 54.9 Å². The molecule has 3 N–H and O–H groups in total. The van der Waals surface area contributed by atoms with Gasteiger partial charge in [0, 0.05) is 12.6 Å². The number of nitrogens with one attached hydrogen (secondary N) is 3. The summed E-state index contributed by atoms with van der Waals surface area (Å²) in [6.45, 7) is 0.951. The van der Waals surface area contributed by atoms with Crippen molar-refractivity contribution in [3.05, 3.63) is 70.1 Å². The normalized spacial score (nSPS) is 21.2. The third-order valence-electron chi connectivity index (χ3n) is 5.18. The number of benzene rings is 2. The highest BCUT2D eigenvalue weighted by Crippen LogP contribution is 2.33. The zero-order valence-electron chi connectivity index (χ0n) is 13.7. The summed E-state index contributed by atoms with van der Waals surface area (Å²) in [4.78, 5) is 17.1. The predicted octanol–water partition coefficient (Wildman–Crippen LogP) is 3.67. The van der Waals surface area contributed by atoms with Gasteiger partial charge in [-0.15, -0.1) is 0 Å². The molecule has 0 unspecified atom stereocenters. The van der Waals surface area contributed by atoms with Crippen molar-refractivity contribution in [1.29, 1.82) is 0 Å². The van der Waals surface area contributed by atoms with Gasteiger partial charge in [0.1, 0.15) is 0 Å². The minimum absolute atomic E-state index is 0.129. The average Bonchev–Trinajstić information content (AvgIpc) is 3.00. The van der Waals surface area contributed by atoms with Crippen LogP contribution in [0.5, 0.6) is 0 Å². The highest BCUT2D eigenvalue weighted by molar-refractivity contribution is 5.75. The summed E-state index contributed by atoms with van der Waals surface area (Å²) in [6.07, 6.45) is 4.82. The second-order valence-corrected chi connectivity index (χ2v) is 6.80. The number of aromatic amines is 2. The quantitative estimate of drug-likeness (QED) is 0.686. The number of hydrogen-bond acceptors (Lipinski definition) is 2. The second kappa shape index (κ2) is 6.65. The van der Waals surface area contributed by atoms with E-state index < -0.39 is 0 Å². The fourth-order valence-corrected chi connectivity index (χ4v) is 3.79. The van der Waals surface area contributed by atoms with Crippen molar-refractivity contribution in [2.24, 2.45) is 0 Å². The summed E-state index contributed by atoms with van der Waals surface area (Å²) in [5.41, 5.74) is 4.38. The molecule has 0 spiro atoms. The Labute approximate surface area is 141 Å². The standard InChI is InChI=1S/C20H23N3O/c24-20-22-18-11-8-16(12-19(18)23-20)15-6-9-17(10-7-15)21-13-14-4-2-1-3-5-14/h1-5,8,11-12,15,17,21H,6-7,9-10,13H2,(H2,22,23,24). The summed E-state index contributed by atoms with van der Waals surface area (Å²) in [5.74, 6) is 0.600. The molecule has 0 saturated heterocycles. The molecule has 1 aliphatic carbocycles. The Kier molecular flexibility index (Phi) is 4.22. The van der Waals surface area contributed by atoms with Crippen LogP contribution in [0.25, 0.3) is 11.0 Å². The van der Waals surface area contributed by atoms with Crippen LogP contribution in [0.3, 0.4) is 0 Å². The van der Waals surface area contributed by atoms with Gasteiger partial charge in [0.05, 0.1) is 11.0 Å². The van der Waals surface area contributed by atoms with Crippen molar-refractivity contribution in [2.45, 2.75) is 44.2 Å². The molecule has 0 aliphatic heterocycles. The molecule has 0 bridgehead atoms. The van der Waals surface area contributed by atoms with Crippen LogP contribution in [-0.2, 0) is 6.54 Å². The van der Waals surface area contributed by atoms with Gasteiger partial charge in [-0.1, -0.05) is 36.4 Å². The zero-order chi connectivity index (χ0) is 16.4. The van der Waals surface area contributed by atoms with Crippen LogP contribution in [0.4, 0.5) is 0 Å². The highest BCUT2D eigenvalue weighted by atomic mass is 16.1. The van der Waals surface area contributed by atoms with Crippen molar-refractivity contribution >= 4 is 11.0 Å². The first kappa shape index (κ1) is 15.2. The Balaban J connectivity index is 1.35. The van der Waals surface area contributed by atoms with Gasteiger partial charge in [-0.25, -0.2) is 4.79 Å². The summed E-state index contributed by atoms with van der Waals surface area (Å²) >= 11 is 0. The molecule has 4 nitrogen and oxygen atoms in total. The first-order valence-electron chi connectivity index (χ1n) is 8.77. The van der Waals surface area contributed by atoms with E-state index in [1.165, 1.54) is 36.8 Å². The summed E-state index contributed by atoms with van der Waals surface area (Å²) in [5, 5.41) is 3.69. The fourth-order valence-electron chi connectivity index (χ4n) is 3.79. The Morgan fingerprint density at radius 3 is 2.46 bits per heavy atom. The van der Waals surface area contributed by atoms with Crippen molar-refractivity contribution in [3.63, 3.8) is 0 Å². The lowest BCUT2D eigenvalue weighted by Crippen LogP contribution is -2.32. The van der Waals surface area contributed by atoms with E-state index in [9.17, 15) is 4.79 Å². The number of H-pyrrole nitrogens is 2. The monoisotopic (exact) mass is 321 g/mol. The van der Waals surface area contributed by atoms with Gasteiger partial charge in [0.2, 0.25) is 0 Å². The van der Waals surface area contributed by atoms with E-state index in [0.29, 0.717) is 12.0 Å². The molecule has 24 heavy (non-hydrogen) atoms. The molecule has 3 aromatic rings. The molecule has 0 amide bonds. The number of imidazole rings is 1. The van der Waals surface area contributed by atoms with Gasteiger partial charge in [0.25, 0.3) is 0 Å². The highest BCUT2D eigenvalue weighted by Gasteiger charge is 2.22. The van der Waals surface area contributed by atoms with E-state index in [0.717, 1.165) is 17.6 Å². The average molecular weight is 321 g/mol. The SMILES string of the molecule is O=c1[nH]c2ccc(C3CCC(NCc4ccccc4)CC3)cc2[nH]1. The Bertz CT molecular complexity index is 857. The lowest BCUT2D eigenvalue weighted by Gasteiger charge is -2.29. The molecule has 124 valence electrons. The van der Waals surface area contributed by atoms with E-state index in [1.807, 2.05) is 6.07 Å². The largest absolute Gasteiger partial charge is 0.323 e. The molecule has 1 aliphatic rings. The lowest BCUT2D eigenvalue weighted by atomic mass is 9.81. The molecule has 4 heteroatoms. The van der Waals surface area contributed by atoms with E-state index >= 15 is 0 Å². The molecule has 0 atom stereocenters. The fraction of sp³-hybridized carbons (Fsp3) is 0.350. The van der Waals surface area contributed by atoms with Crippen LogP contribution in [0.1, 0.15) is 42.7 Å². The second-order valence-electron chi connectivity index (χ2n) is 6.80. The van der Waals surface area contributed by atoms with E-state index in [-0.39, 0.29) is 5.69 Å². The molecule has 1 fully saturated rings. The molecule has 2 aromatic carbocycles. The Morgan fingerprint density at radius 2 is 1.67 bits per heavy atom. The third-order valence-corrected chi connectivity index (χ3v) is 5.18. The first-order chi connectivity index (χ1) is 11.8. The molecule has 0 radical (unpaired) electrons. The maximum Gasteiger partial charge on any atom is 0.323 e. The van der Waals surface area contributed by atoms with Crippen LogP contribution in [0, 0.1) is 0 Å². The minimum atomic E-state index is -0.129. The van der Waals surface area contributed by atoms with Gasteiger partial charge < -0.3 is 15.3 Å². The maximum atomic E-state index is 11.4. The van der Waals surface area contributed by atoms with Crippen molar-refractivity contribution in [3.8, 4) is 0 Å². The van der Waals surface area contributed by atoms with Crippen LogP contribution in [0.15, 0.2) is 53.3 Å². The predicted molar refractivity (Wildman–Crippen MR) is 97.2 cm³/mol. The van der Waals surface area contributed by atoms with E-state index in [4.69, 9.17) is 0 Å². The van der Waals surface area contributed by atoms with Crippen molar-refractivity contribution < 1.29 is 0 Å². The van der Waals surface area contributed by atoms with Gasteiger partial charge in [-0.3, -0.25) is 0 Å². The molecule has 1 saturated carbocycles. The Hall–Kier alpha value is -2.33. The van der Waals surface area contributed by atoms with Crippen molar-refractivity contribution in [1.82, 2.24) is 15.3 Å². The van der Waals surface area contributed by atoms with Gasteiger partial charge in [0.15, 0.2) is 0 Å². The summed E-state index contributed by atoms with van der Waals surface area (Å²) in [6, 6.07) is 17.5. The molecule has 4 rings (SSSR count). The molecular formula is C20H23N3O. The van der Waals surface area contributed by atoms with E-state index in [1.54, 1.807) is 0 Å². The molecule has 1 heterocycles. The lowest BCUT2D eigenvalue weighted by molar-refractivity contribution is 0.342. The van der Waals surface area contributed by atoms with E-state index in [2.05, 4.69) is 57.7 Å². The maximum absolute atomic E-state index is 11.4. The van der Waals surface area contributed by atoms with Crippen LogP contribution in [0.2, 0.25) is 0 Å². The molecular weight excluding hydrogens is 298 g/mol. The van der Waals surface area contributed by atoms with Gasteiger partial charge in [-0.2, -0.15) is 0 Å². The topological polar surface area (TPSA) is 60.7 Å². The van der Waals surface area contributed by atoms with Crippen molar-refractivity contribution in [2.75, 3.05) is 0 Å². The number of hydrogen-bond donors (Lipinski definition) is 3. The molecule has 1 aromatic heterocycles. The van der Waals surface area contributed by atoms with Gasteiger partial charge >= 0.3 is 5.69 Å².